The number of pyridine rings is 1. The number of piperidine rings is 1. The molecule has 0 saturated carbocycles. The van der Waals surface area contributed by atoms with Gasteiger partial charge < -0.3 is 25.4 Å². The number of urea groups is 1. The molecule has 0 spiro atoms. The number of nitrogens with one attached hydrogen (secondary N) is 1. The number of anilines is 1. The molecule has 1 aliphatic rings. The fraction of sp³-hybridized carbons (Fsp3) is 0.350. The van der Waals surface area contributed by atoms with Crippen LogP contribution >= 0.6 is 0 Å². The molecule has 0 bridgehead atoms. The normalized spacial score (nSPS) is 16.3. The summed E-state index contributed by atoms with van der Waals surface area (Å²) in [4.78, 5) is 29.6. The Morgan fingerprint density at radius 1 is 1.32 bits per heavy atom. The second kappa shape index (κ2) is 9.07. The number of ether oxygens (including phenoxy) is 2. The van der Waals surface area contributed by atoms with Crippen LogP contribution in [0, 0.1) is 0 Å². The van der Waals surface area contributed by atoms with E-state index >= 15 is 0 Å². The number of benzene rings is 1. The second-order valence-corrected chi connectivity index (χ2v) is 6.43. The standard InChI is InChI=1S/C20H24N4O4/c1-2-27-18-8-4-3-7-16(18)23-20(26)24-11-5-6-15(13-24)28-14-9-10-22-17(12-14)19(21)25/h3-4,7-10,12,15H,2,5-6,11,13H2,1H3,(H2,21,25)(H,23,26). The van der Waals surface area contributed by atoms with E-state index in [2.05, 4.69) is 10.3 Å². The highest BCUT2D eigenvalue weighted by Gasteiger charge is 2.25. The van der Waals surface area contributed by atoms with Crippen molar-refractivity contribution in [2.75, 3.05) is 25.0 Å². The van der Waals surface area contributed by atoms with E-state index in [-0.39, 0.29) is 17.8 Å². The molecule has 148 valence electrons. The van der Waals surface area contributed by atoms with Gasteiger partial charge in [0.1, 0.15) is 23.3 Å². The van der Waals surface area contributed by atoms with Crippen molar-refractivity contribution in [3.05, 3.63) is 48.3 Å². The van der Waals surface area contributed by atoms with Crippen molar-refractivity contribution in [3.63, 3.8) is 0 Å². The lowest BCUT2D eigenvalue weighted by molar-refractivity contribution is 0.0988. The van der Waals surface area contributed by atoms with Crippen LogP contribution in [-0.2, 0) is 0 Å². The zero-order valence-corrected chi connectivity index (χ0v) is 15.8. The molecule has 1 aromatic heterocycles. The van der Waals surface area contributed by atoms with Crippen LogP contribution in [0.25, 0.3) is 0 Å². The highest BCUT2D eigenvalue weighted by molar-refractivity contribution is 5.91. The van der Waals surface area contributed by atoms with Crippen LogP contribution in [-0.4, -0.2) is 47.6 Å². The van der Waals surface area contributed by atoms with Gasteiger partial charge in [-0.15, -0.1) is 0 Å². The minimum atomic E-state index is -0.608. The average Bonchev–Trinajstić information content (AvgIpc) is 2.70. The molecule has 1 aliphatic heterocycles. The van der Waals surface area contributed by atoms with Crippen molar-refractivity contribution in [3.8, 4) is 11.5 Å². The van der Waals surface area contributed by atoms with Crippen molar-refractivity contribution in [2.24, 2.45) is 5.73 Å². The maximum Gasteiger partial charge on any atom is 0.322 e. The third kappa shape index (κ3) is 4.91. The van der Waals surface area contributed by atoms with E-state index < -0.39 is 5.91 Å². The summed E-state index contributed by atoms with van der Waals surface area (Å²) in [5, 5.41) is 2.91. The Labute approximate surface area is 163 Å². The number of likely N-dealkylation sites (tertiary alicyclic amines) is 1. The van der Waals surface area contributed by atoms with E-state index in [0.717, 1.165) is 12.8 Å². The number of nitrogens with zero attached hydrogens (tertiary/aromatic N) is 2. The van der Waals surface area contributed by atoms with Gasteiger partial charge >= 0.3 is 6.03 Å². The zero-order valence-electron chi connectivity index (χ0n) is 15.8. The van der Waals surface area contributed by atoms with Gasteiger partial charge in [0.15, 0.2) is 0 Å². The number of hydrogen-bond donors (Lipinski definition) is 2. The quantitative estimate of drug-likeness (QED) is 0.796. The summed E-state index contributed by atoms with van der Waals surface area (Å²) in [6.45, 7) is 3.50. The summed E-state index contributed by atoms with van der Waals surface area (Å²) in [6.07, 6.45) is 2.93. The molecule has 2 heterocycles. The minimum Gasteiger partial charge on any atom is -0.492 e. The van der Waals surface area contributed by atoms with Gasteiger partial charge in [-0.25, -0.2) is 4.79 Å². The number of nitrogens with two attached hydrogens (primary N) is 1. The summed E-state index contributed by atoms with van der Waals surface area (Å²) in [5.41, 5.74) is 6.04. The van der Waals surface area contributed by atoms with Crippen LogP contribution in [0.1, 0.15) is 30.3 Å². The fourth-order valence-corrected chi connectivity index (χ4v) is 3.08. The van der Waals surface area contributed by atoms with E-state index in [0.29, 0.717) is 36.9 Å². The largest absolute Gasteiger partial charge is 0.492 e. The highest BCUT2D eigenvalue weighted by Crippen LogP contribution is 2.25. The van der Waals surface area contributed by atoms with Gasteiger partial charge in [-0.3, -0.25) is 9.78 Å². The lowest BCUT2D eigenvalue weighted by atomic mass is 10.1. The Morgan fingerprint density at radius 2 is 2.14 bits per heavy atom. The number of primary amides is 1. The van der Waals surface area contributed by atoms with Crippen LogP contribution in [0.3, 0.4) is 0 Å². The van der Waals surface area contributed by atoms with Crippen molar-refractivity contribution in [1.29, 1.82) is 0 Å². The van der Waals surface area contributed by atoms with E-state index in [1.165, 1.54) is 12.3 Å². The Bertz CT molecular complexity index is 842. The van der Waals surface area contributed by atoms with Crippen molar-refractivity contribution in [1.82, 2.24) is 9.88 Å². The SMILES string of the molecule is CCOc1ccccc1NC(=O)N1CCCC(Oc2ccnc(C(N)=O)c2)C1. The smallest absolute Gasteiger partial charge is 0.322 e. The maximum atomic E-state index is 12.7. The number of aromatic nitrogens is 1. The lowest BCUT2D eigenvalue weighted by Crippen LogP contribution is -2.46. The van der Waals surface area contributed by atoms with E-state index in [1.54, 1.807) is 11.0 Å². The minimum absolute atomic E-state index is 0.149. The fourth-order valence-electron chi connectivity index (χ4n) is 3.08. The third-order valence-corrected chi connectivity index (χ3v) is 4.38. The van der Waals surface area contributed by atoms with Gasteiger partial charge in [-0.1, -0.05) is 12.1 Å². The lowest BCUT2D eigenvalue weighted by Gasteiger charge is -2.33. The average molecular weight is 384 g/mol. The zero-order chi connectivity index (χ0) is 19.9. The number of hydrogen-bond acceptors (Lipinski definition) is 5. The number of amides is 3. The monoisotopic (exact) mass is 384 g/mol. The number of carbonyl (C=O) groups is 2. The molecule has 28 heavy (non-hydrogen) atoms. The summed E-state index contributed by atoms with van der Waals surface area (Å²) < 4.78 is 11.5. The number of para-hydroxylation sites is 2. The van der Waals surface area contributed by atoms with Crippen molar-refractivity contribution < 1.29 is 19.1 Å². The Morgan fingerprint density at radius 3 is 2.93 bits per heavy atom. The molecule has 8 heteroatoms. The third-order valence-electron chi connectivity index (χ3n) is 4.38. The van der Waals surface area contributed by atoms with Gasteiger partial charge in [0.25, 0.3) is 5.91 Å². The first-order chi connectivity index (χ1) is 13.6. The molecule has 3 N–H and O–H groups in total. The summed E-state index contributed by atoms with van der Waals surface area (Å²) in [7, 11) is 0. The topological polar surface area (TPSA) is 107 Å². The number of rotatable bonds is 6. The maximum absolute atomic E-state index is 12.7. The van der Waals surface area contributed by atoms with E-state index in [1.807, 2.05) is 31.2 Å². The van der Waals surface area contributed by atoms with Crippen LogP contribution in [0.4, 0.5) is 10.5 Å². The molecule has 1 atom stereocenters. The van der Waals surface area contributed by atoms with Gasteiger partial charge in [0.05, 0.1) is 18.8 Å². The molecule has 1 aromatic carbocycles. The second-order valence-electron chi connectivity index (χ2n) is 6.43. The summed E-state index contributed by atoms with van der Waals surface area (Å²) in [5.74, 6) is 0.541. The Hall–Kier alpha value is -3.29. The first-order valence-corrected chi connectivity index (χ1v) is 9.27. The first-order valence-electron chi connectivity index (χ1n) is 9.27. The Balaban J connectivity index is 1.62. The van der Waals surface area contributed by atoms with Gasteiger partial charge in [0.2, 0.25) is 0 Å². The molecule has 1 unspecified atom stereocenters. The summed E-state index contributed by atoms with van der Waals surface area (Å²) in [6, 6.07) is 10.3. The van der Waals surface area contributed by atoms with Gasteiger partial charge in [-0.2, -0.15) is 0 Å². The van der Waals surface area contributed by atoms with Gasteiger partial charge in [0, 0.05) is 18.8 Å². The predicted molar refractivity (Wildman–Crippen MR) is 105 cm³/mol. The van der Waals surface area contributed by atoms with Gasteiger partial charge in [-0.05, 0) is 38.0 Å². The Kier molecular flexibility index (Phi) is 6.31. The molecule has 0 aliphatic carbocycles. The van der Waals surface area contributed by atoms with E-state index in [4.69, 9.17) is 15.2 Å². The summed E-state index contributed by atoms with van der Waals surface area (Å²) >= 11 is 0. The van der Waals surface area contributed by atoms with E-state index in [9.17, 15) is 9.59 Å². The van der Waals surface area contributed by atoms with Crippen molar-refractivity contribution in [2.45, 2.75) is 25.9 Å². The van der Waals surface area contributed by atoms with Crippen LogP contribution in [0.15, 0.2) is 42.6 Å². The van der Waals surface area contributed by atoms with Crippen molar-refractivity contribution >= 4 is 17.6 Å². The predicted octanol–water partition coefficient (Wildman–Crippen LogP) is 2.65. The molecule has 0 radical (unpaired) electrons. The molecule has 3 rings (SSSR count). The molecule has 1 fully saturated rings. The van der Waals surface area contributed by atoms with Crippen LogP contribution < -0.4 is 20.5 Å². The molecular formula is C20H24N4O4. The van der Waals surface area contributed by atoms with Crippen LogP contribution in [0.2, 0.25) is 0 Å². The molecule has 8 nitrogen and oxygen atoms in total. The first kappa shape index (κ1) is 19.5. The van der Waals surface area contributed by atoms with Crippen LogP contribution in [0.5, 0.6) is 11.5 Å². The molecular weight excluding hydrogens is 360 g/mol. The number of carbonyl (C=O) groups excluding carboxylic acids is 2. The molecule has 1 saturated heterocycles. The molecule has 2 aromatic rings. The molecule has 3 amide bonds. The highest BCUT2D eigenvalue weighted by atomic mass is 16.5.